The third kappa shape index (κ3) is 14.2. The molecule has 0 heterocycles. The fourth-order valence-corrected chi connectivity index (χ4v) is 3.60. The van der Waals surface area contributed by atoms with E-state index in [2.05, 4.69) is 43.3 Å². The summed E-state index contributed by atoms with van der Waals surface area (Å²) in [6.45, 7) is 2.26. The Kier molecular flexibility index (Phi) is 14.4. The van der Waals surface area contributed by atoms with E-state index in [1.165, 1.54) is 63.4 Å². The monoisotopic (exact) mass is 372 g/mol. The van der Waals surface area contributed by atoms with E-state index in [9.17, 15) is 4.79 Å². The van der Waals surface area contributed by atoms with Gasteiger partial charge in [-0.15, -0.1) is 0 Å². The van der Waals surface area contributed by atoms with E-state index < -0.39 is 5.97 Å². The van der Waals surface area contributed by atoms with Crippen LogP contribution in [0.5, 0.6) is 0 Å². The molecule has 1 N–H and O–H groups in total. The molecule has 152 valence electrons. The summed E-state index contributed by atoms with van der Waals surface area (Å²) in [5, 5.41) is 8.99. The Morgan fingerprint density at radius 2 is 1.52 bits per heavy atom. The van der Waals surface area contributed by atoms with E-state index in [4.69, 9.17) is 5.11 Å². The van der Waals surface area contributed by atoms with Crippen LogP contribution in [-0.2, 0) is 11.2 Å². The van der Waals surface area contributed by atoms with Crippen molar-refractivity contribution in [1.29, 1.82) is 0 Å². The first-order chi connectivity index (χ1) is 13.2. The van der Waals surface area contributed by atoms with Gasteiger partial charge in [0.15, 0.2) is 0 Å². The molecule has 0 bridgehead atoms. The van der Waals surface area contributed by atoms with Crippen molar-refractivity contribution in [2.24, 2.45) is 5.92 Å². The summed E-state index contributed by atoms with van der Waals surface area (Å²) in [6, 6.07) is 10.5. The van der Waals surface area contributed by atoms with Crippen LogP contribution in [0.2, 0.25) is 0 Å². The van der Waals surface area contributed by atoms with Crippen molar-refractivity contribution in [2.45, 2.75) is 96.8 Å². The number of hydrogen-bond donors (Lipinski definition) is 1. The summed E-state index contributed by atoms with van der Waals surface area (Å²) in [5.41, 5.74) is 1.33. The van der Waals surface area contributed by atoms with Crippen molar-refractivity contribution in [3.05, 3.63) is 48.0 Å². The molecule has 0 fully saturated rings. The fraction of sp³-hybridized carbons (Fsp3) is 0.640. The van der Waals surface area contributed by atoms with Crippen molar-refractivity contribution in [3.8, 4) is 0 Å². The highest BCUT2D eigenvalue weighted by molar-refractivity contribution is 5.66. The average molecular weight is 373 g/mol. The van der Waals surface area contributed by atoms with Crippen LogP contribution in [0.15, 0.2) is 42.5 Å². The molecule has 0 aliphatic heterocycles. The summed E-state index contributed by atoms with van der Waals surface area (Å²) in [7, 11) is 0. The summed E-state index contributed by atoms with van der Waals surface area (Å²) in [4.78, 5) is 10.9. The highest BCUT2D eigenvalue weighted by Gasteiger charge is 2.11. The molecule has 0 aromatic heterocycles. The minimum absolute atomic E-state index is 0.287. The number of allylic oxidation sites excluding steroid dienone is 2. The summed E-state index contributed by atoms with van der Waals surface area (Å²) < 4.78 is 0. The second kappa shape index (κ2) is 16.6. The molecule has 0 radical (unpaired) electrons. The highest BCUT2D eigenvalue weighted by Crippen LogP contribution is 2.21. The Bertz CT molecular complexity index is 492. The Balaban J connectivity index is 2.13. The Morgan fingerprint density at radius 3 is 2.19 bits per heavy atom. The lowest BCUT2D eigenvalue weighted by Crippen LogP contribution is -2.08. The van der Waals surface area contributed by atoms with E-state index >= 15 is 0 Å². The maximum Gasteiger partial charge on any atom is 0.303 e. The van der Waals surface area contributed by atoms with Gasteiger partial charge in [0, 0.05) is 6.42 Å². The van der Waals surface area contributed by atoms with Gasteiger partial charge < -0.3 is 5.11 Å². The summed E-state index contributed by atoms with van der Waals surface area (Å²) in [6.07, 6.45) is 20.9. The van der Waals surface area contributed by atoms with Crippen LogP contribution in [0.25, 0.3) is 0 Å². The second-order valence-corrected chi connectivity index (χ2v) is 7.80. The number of carboxylic acids is 1. The molecule has 0 spiro atoms. The third-order valence-corrected chi connectivity index (χ3v) is 5.26. The van der Waals surface area contributed by atoms with Gasteiger partial charge in [-0.25, -0.2) is 0 Å². The van der Waals surface area contributed by atoms with Crippen LogP contribution in [0.3, 0.4) is 0 Å². The molecule has 1 unspecified atom stereocenters. The smallest absolute Gasteiger partial charge is 0.303 e. The van der Waals surface area contributed by atoms with Crippen molar-refractivity contribution in [2.75, 3.05) is 0 Å². The van der Waals surface area contributed by atoms with E-state index in [1.54, 1.807) is 0 Å². The second-order valence-electron chi connectivity index (χ2n) is 7.80. The van der Waals surface area contributed by atoms with Gasteiger partial charge >= 0.3 is 5.97 Å². The lowest BCUT2D eigenvalue weighted by molar-refractivity contribution is -0.137. The molecule has 0 saturated heterocycles. The van der Waals surface area contributed by atoms with Crippen molar-refractivity contribution < 1.29 is 9.90 Å². The van der Waals surface area contributed by atoms with Crippen LogP contribution in [0, 0.1) is 5.92 Å². The highest BCUT2D eigenvalue weighted by atomic mass is 16.4. The van der Waals surface area contributed by atoms with Gasteiger partial charge in [0.05, 0.1) is 0 Å². The maximum atomic E-state index is 10.9. The Labute approximate surface area is 167 Å². The zero-order valence-electron chi connectivity index (χ0n) is 17.4. The molecular weight excluding hydrogens is 332 g/mol. The first-order valence-corrected chi connectivity index (χ1v) is 11.1. The molecule has 2 nitrogen and oxygen atoms in total. The normalized spacial score (nSPS) is 12.5. The molecule has 0 saturated carbocycles. The molecule has 0 aliphatic carbocycles. The van der Waals surface area contributed by atoms with Crippen molar-refractivity contribution in [3.63, 3.8) is 0 Å². The number of benzene rings is 1. The molecule has 0 aliphatic rings. The van der Waals surface area contributed by atoms with E-state index in [1.807, 2.05) is 6.07 Å². The van der Waals surface area contributed by atoms with Gasteiger partial charge in [0.2, 0.25) is 0 Å². The summed E-state index contributed by atoms with van der Waals surface area (Å²) in [5.74, 6) is -0.193. The van der Waals surface area contributed by atoms with Crippen LogP contribution >= 0.6 is 0 Å². The first kappa shape index (κ1) is 23.5. The SMILES string of the molecule is CCCCCCCC/C=C\CCCCC(CCC(=O)O)Cc1ccccc1. The van der Waals surface area contributed by atoms with Crippen LogP contribution in [0.4, 0.5) is 0 Å². The van der Waals surface area contributed by atoms with Gasteiger partial charge in [-0.1, -0.05) is 94.4 Å². The van der Waals surface area contributed by atoms with Crippen molar-refractivity contribution >= 4 is 5.97 Å². The zero-order valence-corrected chi connectivity index (χ0v) is 17.4. The van der Waals surface area contributed by atoms with Crippen LogP contribution in [0.1, 0.15) is 96.0 Å². The topological polar surface area (TPSA) is 37.3 Å². The third-order valence-electron chi connectivity index (χ3n) is 5.26. The van der Waals surface area contributed by atoms with Gasteiger partial charge in [0.1, 0.15) is 0 Å². The number of hydrogen-bond acceptors (Lipinski definition) is 1. The fourth-order valence-electron chi connectivity index (χ4n) is 3.60. The lowest BCUT2D eigenvalue weighted by atomic mass is 9.90. The number of unbranched alkanes of at least 4 members (excludes halogenated alkanes) is 8. The van der Waals surface area contributed by atoms with Gasteiger partial charge in [-0.2, -0.15) is 0 Å². The Morgan fingerprint density at radius 1 is 0.889 bits per heavy atom. The van der Waals surface area contributed by atoms with Gasteiger partial charge in [0.25, 0.3) is 0 Å². The first-order valence-electron chi connectivity index (χ1n) is 11.1. The molecule has 1 rings (SSSR count). The average Bonchev–Trinajstić information content (AvgIpc) is 2.67. The molecule has 1 aromatic carbocycles. The minimum atomic E-state index is -0.675. The van der Waals surface area contributed by atoms with Crippen molar-refractivity contribution in [1.82, 2.24) is 0 Å². The quantitative estimate of drug-likeness (QED) is 0.226. The predicted octanol–water partition coefficient (Wildman–Crippen LogP) is 7.58. The van der Waals surface area contributed by atoms with Crippen LogP contribution < -0.4 is 0 Å². The molecular formula is C25H40O2. The molecule has 2 heteroatoms. The maximum absolute atomic E-state index is 10.9. The minimum Gasteiger partial charge on any atom is -0.481 e. The Hall–Kier alpha value is -1.57. The zero-order chi connectivity index (χ0) is 19.6. The number of rotatable bonds is 17. The number of carbonyl (C=O) groups is 1. The standard InChI is InChI=1S/C25H40O2/c1-2-3-4-5-6-7-8-9-10-11-12-14-19-24(20-21-25(26)27)22-23-17-15-13-16-18-23/h9-10,13,15-18,24H,2-8,11-12,14,19-22H2,1H3,(H,26,27)/b10-9-. The number of aliphatic carboxylic acids is 1. The molecule has 1 atom stereocenters. The van der Waals surface area contributed by atoms with Gasteiger partial charge in [-0.05, 0) is 50.0 Å². The van der Waals surface area contributed by atoms with Crippen LogP contribution in [-0.4, -0.2) is 11.1 Å². The molecule has 27 heavy (non-hydrogen) atoms. The largest absolute Gasteiger partial charge is 0.481 e. The van der Waals surface area contributed by atoms with E-state index in [-0.39, 0.29) is 6.42 Å². The van der Waals surface area contributed by atoms with E-state index in [0.717, 1.165) is 25.7 Å². The molecule has 0 amide bonds. The molecule has 1 aromatic rings. The predicted molar refractivity (Wildman–Crippen MR) is 116 cm³/mol. The van der Waals surface area contributed by atoms with E-state index in [0.29, 0.717) is 5.92 Å². The van der Waals surface area contributed by atoms with Gasteiger partial charge in [-0.3, -0.25) is 4.79 Å². The number of carboxylic acid groups (broad SMARTS) is 1. The lowest BCUT2D eigenvalue weighted by Gasteiger charge is -2.16. The summed E-state index contributed by atoms with van der Waals surface area (Å²) >= 11 is 0.